The molecular formula is C7H8N2O2. The lowest BCUT2D eigenvalue weighted by atomic mass is 10.2. The number of aromatic nitrogens is 2. The summed E-state index contributed by atoms with van der Waals surface area (Å²) in [6.07, 6.45) is 0. The van der Waals surface area contributed by atoms with Crippen molar-refractivity contribution >= 4 is 11.6 Å². The zero-order chi connectivity index (χ0) is 8.43. The molecule has 0 aromatic carbocycles. The van der Waals surface area contributed by atoms with Gasteiger partial charge in [0.1, 0.15) is 11.4 Å². The van der Waals surface area contributed by atoms with Gasteiger partial charge in [-0.15, -0.1) is 0 Å². The minimum atomic E-state index is -0.145. The molecule has 11 heavy (non-hydrogen) atoms. The molecule has 1 N–H and O–H groups in total. The summed E-state index contributed by atoms with van der Waals surface area (Å²) < 4.78 is 0. The molecular weight excluding hydrogens is 144 g/mol. The van der Waals surface area contributed by atoms with Crippen LogP contribution >= 0.6 is 0 Å². The minimum absolute atomic E-state index is 0.120. The Morgan fingerprint density at radius 1 is 1.36 bits per heavy atom. The van der Waals surface area contributed by atoms with E-state index in [2.05, 4.69) is 10.2 Å². The second kappa shape index (κ2) is 2.65. The topological polar surface area (TPSA) is 62.8 Å². The van der Waals surface area contributed by atoms with Crippen LogP contribution < -0.4 is 0 Å². The van der Waals surface area contributed by atoms with Gasteiger partial charge >= 0.3 is 0 Å². The molecule has 0 spiro atoms. The number of aromatic amines is 1. The lowest BCUT2D eigenvalue weighted by Crippen LogP contribution is -1.91. The fourth-order valence-corrected chi connectivity index (χ4v) is 0.682. The Labute approximate surface area is 63.6 Å². The molecule has 1 rings (SSSR count). The predicted molar refractivity (Wildman–Crippen MR) is 38.6 cm³/mol. The number of carbonyl (C=O) groups excluding carboxylic acids is 2. The highest BCUT2D eigenvalue weighted by molar-refractivity contribution is 5.97. The van der Waals surface area contributed by atoms with Gasteiger partial charge in [-0.3, -0.25) is 14.7 Å². The number of hydrogen-bond donors (Lipinski definition) is 1. The number of hydrogen-bond acceptors (Lipinski definition) is 3. The smallest absolute Gasteiger partial charge is 0.179 e. The fraction of sp³-hybridized carbons (Fsp3) is 0.286. The van der Waals surface area contributed by atoms with Gasteiger partial charge in [0.25, 0.3) is 0 Å². The second-order valence-electron chi connectivity index (χ2n) is 2.28. The molecule has 0 aliphatic heterocycles. The monoisotopic (exact) mass is 152 g/mol. The molecule has 1 aromatic rings. The maximum atomic E-state index is 10.7. The lowest BCUT2D eigenvalue weighted by molar-refractivity contribution is 0.100. The Kier molecular flexibility index (Phi) is 1.85. The number of H-pyrrole nitrogens is 1. The van der Waals surface area contributed by atoms with E-state index in [9.17, 15) is 9.59 Å². The first kappa shape index (κ1) is 7.65. The number of carbonyl (C=O) groups is 2. The van der Waals surface area contributed by atoms with Crippen molar-refractivity contribution in [1.82, 2.24) is 10.2 Å². The molecule has 0 fully saturated rings. The summed E-state index contributed by atoms with van der Waals surface area (Å²) in [4.78, 5) is 21.4. The molecule has 0 atom stereocenters. The van der Waals surface area contributed by atoms with Crippen LogP contribution in [-0.4, -0.2) is 21.8 Å². The number of nitrogens with zero attached hydrogens (tertiary/aromatic N) is 1. The molecule has 0 radical (unpaired) electrons. The molecule has 0 saturated carbocycles. The van der Waals surface area contributed by atoms with Gasteiger partial charge in [0.2, 0.25) is 0 Å². The van der Waals surface area contributed by atoms with Crippen molar-refractivity contribution in [2.75, 3.05) is 0 Å². The van der Waals surface area contributed by atoms with Crippen molar-refractivity contribution in [2.45, 2.75) is 13.8 Å². The van der Waals surface area contributed by atoms with Crippen molar-refractivity contribution in [3.8, 4) is 0 Å². The van der Waals surface area contributed by atoms with Crippen LogP contribution in [0, 0.1) is 0 Å². The molecule has 1 heterocycles. The third-order valence-corrected chi connectivity index (χ3v) is 1.32. The SMILES string of the molecule is CC(=O)c1cc(C(C)=O)[nH]n1. The van der Waals surface area contributed by atoms with Gasteiger partial charge < -0.3 is 0 Å². The molecule has 0 bridgehead atoms. The molecule has 1 aromatic heterocycles. The summed E-state index contributed by atoms with van der Waals surface area (Å²) in [5.74, 6) is -0.265. The van der Waals surface area contributed by atoms with E-state index in [1.807, 2.05) is 0 Å². The van der Waals surface area contributed by atoms with Gasteiger partial charge in [-0.1, -0.05) is 0 Å². The van der Waals surface area contributed by atoms with E-state index in [4.69, 9.17) is 0 Å². The molecule has 0 aliphatic rings. The number of ketones is 2. The number of nitrogens with one attached hydrogen (secondary N) is 1. The first-order valence-corrected chi connectivity index (χ1v) is 3.18. The van der Waals surface area contributed by atoms with E-state index >= 15 is 0 Å². The molecule has 0 unspecified atom stereocenters. The van der Waals surface area contributed by atoms with Crippen molar-refractivity contribution in [3.05, 3.63) is 17.5 Å². The first-order chi connectivity index (χ1) is 5.11. The minimum Gasteiger partial charge on any atom is -0.293 e. The standard InChI is InChI=1S/C7H8N2O2/c1-4(10)6-3-7(5(2)11)9-8-6/h3H,1-2H3,(H,8,9). The average Bonchev–Trinajstić information content (AvgIpc) is 2.33. The van der Waals surface area contributed by atoms with Crippen molar-refractivity contribution in [1.29, 1.82) is 0 Å². The lowest BCUT2D eigenvalue weighted by Gasteiger charge is -1.81. The summed E-state index contributed by atoms with van der Waals surface area (Å²) in [7, 11) is 0. The van der Waals surface area contributed by atoms with Gasteiger partial charge in [-0.2, -0.15) is 5.10 Å². The first-order valence-electron chi connectivity index (χ1n) is 3.18. The van der Waals surface area contributed by atoms with Crippen LogP contribution in [0.1, 0.15) is 34.8 Å². The van der Waals surface area contributed by atoms with Crippen LogP contribution in [0.2, 0.25) is 0 Å². The van der Waals surface area contributed by atoms with E-state index < -0.39 is 0 Å². The maximum Gasteiger partial charge on any atom is 0.179 e. The molecule has 0 aliphatic carbocycles. The van der Waals surface area contributed by atoms with Crippen LogP contribution in [-0.2, 0) is 0 Å². The van der Waals surface area contributed by atoms with Crippen LogP contribution in [0.3, 0.4) is 0 Å². The predicted octanol–water partition coefficient (Wildman–Crippen LogP) is 0.815. The highest BCUT2D eigenvalue weighted by Crippen LogP contribution is 2.00. The van der Waals surface area contributed by atoms with E-state index in [-0.39, 0.29) is 11.6 Å². The molecule has 58 valence electrons. The Morgan fingerprint density at radius 3 is 2.27 bits per heavy atom. The molecule has 0 saturated heterocycles. The summed E-state index contributed by atoms with van der Waals surface area (Å²) in [6, 6.07) is 1.45. The summed E-state index contributed by atoms with van der Waals surface area (Å²) in [5, 5.41) is 6.11. The van der Waals surface area contributed by atoms with Gasteiger partial charge in [0.05, 0.1) is 0 Å². The zero-order valence-electron chi connectivity index (χ0n) is 6.34. The van der Waals surface area contributed by atoms with Crippen molar-refractivity contribution in [3.63, 3.8) is 0 Å². The average molecular weight is 152 g/mol. The Morgan fingerprint density at radius 2 is 2.00 bits per heavy atom. The molecule has 4 heteroatoms. The highest BCUT2D eigenvalue weighted by Gasteiger charge is 2.07. The quantitative estimate of drug-likeness (QED) is 0.638. The van der Waals surface area contributed by atoms with Crippen LogP contribution in [0.5, 0.6) is 0 Å². The van der Waals surface area contributed by atoms with Crippen LogP contribution in [0.25, 0.3) is 0 Å². The summed E-state index contributed by atoms with van der Waals surface area (Å²) >= 11 is 0. The fourth-order valence-electron chi connectivity index (χ4n) is 0.682. The third kappa shape index (κ3) is 1.52. The zero-order valence-corrected chi connectivity index (χ0v) is 6.34. The van der Waals surface area contributed by atoms with Gasteiger partial charge in [0, 0.05) is 13.8 Å². The van der Waals surface area contributed by atoms with Crippen molar-refractivity contribution < 1.29 is 9.59 Å². The van der Waals surface area contributed by atoms with Crippen molar-refractivity contribution in [2.24, 2.45) is 0 Å². The number of Topliss-reactive ketones (excluding diaryl/α,β-unsaturated/α-hetero) is 2. The van der Waals surface area contributed by atoms with Gasteiger partial charge in [0.15, 0.2) is 11.6 Å². The Hall–Kier alpha value is -1.45. The second-order valence-corrected chi connectivity index (χ2v) is 2.28. The Bertz CT molecular complexity index is 273. The number of rotatable bonds is 2. The molecule has 0 amide bonds. The van der Waals surface area contributed by atoms with E-state index in [1.54, 1.807) is 0 Å². The van der Waals surface area contributed by atoms with E-state index in [0.717, 1.165) is 0 Å². The van der Waals surface area contributed by atoms with E-state index in [1.165, 1.54) is 19.9 Å². The summed E-state index contributed by atoms with van der Waals surface area (Å²) in [6.45, 7) is 2.82. The van der Waals surface area contributed by atoms with Crippen LogP contribution in [0.15, 0.2) is 6.07 Å². The molecule has 4 nitrogen and oxygen atoms in total. The maximum absolute atomic E-state index is 10.7. The van der Waals surface area contributed by atoms with Gasteiger partial charge in [-0.25, -0.2) is 0 Å². The van der Waals surface area contributed by atoms with Gasteiger partial charge in [-0.05, 0) is 6.07 Å². The van der Waals surface area contributed by atoms with E-state index in [0.29, 0.717) is 11.4 Å². The third-order valence-electron chi connectivity index (χ3n) is 1.32. The summed E-state index contributed by atoms with van der Waals surface area (Å²) in [5.41, 5.74) is 0.672. The largest absolute Gasteiger partial charge is 0.293 e. The highest BCUT2D eigenvalue weighted by atomic mass is 16.1. The Balaban J connectivity index is 2.99. The van der Waals surface area contributed by atoms with Crippen LogP contribution in [0.4, 0.5) is 0 Å². The normalized spacial score (nSPS) is 9.64.